The maximum absolute atomic E-state index is 12.0. The molecule has 0 heterocycles. The lowest BCUT2D eigenvalue weighted by Crippen LogP contribution is -2.54. The topological polar surface area (TPSA) is 97.4 Å². The molecule has 29 heavy (non-hydrogen) atoms. The van der Waals surface area contributed by atoms with E-state index >= 15 is 0 Å². The van der Waals surface area contributed by atoms with E-state index in [0.29, 0.717) is 11.6 Å². The molecule has 0 spiro atoms. The van der Waals surface area contributed by atoms with Crippen LogP contribution >= 0.6 is 14.7 Å². The maximum Gasteiger partial charge on any atom is 0.333 e. The average molecular weight is 502 g/mol. The van der Waals surface area contributed by atoms with Gasteiger partial charge in [-0.05, 0) is 32.6 Å². The number of esters is 1. The van der Waals surface area contributed by atoms with Gasteiger partial charge in [-0.1, -0.05) is 6.58 Å². The van der Waals surface area contributed by atoms with Crippen LogP contribution in [0.5, 0.6) is 0 Å². The summed E-state index contributed by atoms with van der Waals surface area (Å²) in [5.74, 6) is -0.436. The normalized spacial score (nSPS) is 15.2. The van der Waals surface area contributed by atoms with E-state index in [9.17, 15) is 13.9 Å². The molecular formula is C16H35O8P2Si3. The Morgan fingerprint density at radius 3 is 1.83 bits per heavy atom. The zero-order valence-electron chi connectivity index (χ0n) is 18.8. The minimum absolute atomic E-state index is 0.0899. The number of hydrogen-bond donors (Lipinski definition) is 0. The molecular weight excluding hydrogens is 466 g/mol. The molecule has 0 aliphatic rings. The third-order valence-corrected chi connectivity index (χ3v) is 14.1. The predicted octanol–water partition coefficient (Wildman–Crippen LogP) is 3.98. The van der Waals surface area contributed by atoms with Crippen LogP contribution in [-0.4, -0.2) is 79.8 Å². The third-order valence-electron chi connectivity index (χ3n) is 3.88. The second kappa shape index (κ2) is 11.7. The lowest BCUT2D eigenvalue weighted by atomic mass is 10.4. The van der Waals surface area contributed by atoms with Crippen molar-refractivity contribution < 1.29 is 35.9 Å². The predicted molar refractivity (Wildman–Crippen MR) is 122 cm³/mol. The highest BCUT2D eigenvalue weighted by Crippen LogP contribution is 2.43. The Morgan fingerprint density at radius 2 is 1.48 bits per heavy atom. The average Bonchev–Trinajstić information content (AvgIpc) is 2.51. The highest BCUT2D eigenvalue weighted by Gasteiger charge is 2.45. The largest absolute Gasteiger partial charge is 0.463 e. The Bertz CT molecular complexity index is 635. The second-order valence-corrected chi connectivity index (χ2v) is 22.5. The highest BCUT2D eigenvalue weighted by molar-refractivity contribution is 7.57. The van der Waals surface area contributed by atoms with Gasteiger partial charge in [-0.2, -0.15) is 0 Å². The van der Waals surface area contributed by atoms with Gasteiger partial charge in [0.15, 0.2) is 23.1 Å². The van der Waals surface area contributed by atoms with Crippen molar-refractivity contribution >= 4 is 48.1 Å². The molecule has 0 rings (SSSR count). The standard InChI is InChI=1S/C16H35O8P2Si3/c1-14(2)16(17)20-10-11-28(7,8)24-29(9,23-27)15(12-21-25(3,4)18)13-22-26(5,6)19/h15H,1,10-13H2,2-9H3. The molecule has 1 unspecified atom stereocenters. The zero-order valence-corrected chi connectivity index (χ0v) is 23.6. The molecule has 13 heteroatoms. The first-order valence-corrected chi connectivity index (χ1v) is 20.1. The molecule has 3 radical (unpaired) electrons. The minimum atomic E-state index is -2.96. The Hall–Kier alpha value is 0.161. The van der Waals surface area contributed by atoms with Crippen molar-refractivity contribution in [3.05, 3.63) is 12.2 Å². The Kier molecular flexibility index (Phi) is 11.8. The summed E-state index contributed by atoms with van der Waals surface area (Å²) in [4.78, 5) is 11.6. The highest BCUT2D eigenvalue weighted by atomic mass is 31.2. The van der Waals surface area contributed by atoms with Gasteiger partial charge < -0.3 is 22.0 Å². The number of ether oxygens (including phenoxy) is 1. The molecule has 0 fully saturated rings. The van der Waals surface area contributed by atoms with E-state index in [1.54, 1.807) is 6.92 Å². The van der Waals surface area contributed by atoms with E-state index in [2.05, 4.69) is 17.1 Å². The van der Waals surface area contributed by atoms with Crippen LogP contribution in [-0.2, 0) is 35.9 Å². The molecule has 0 saturated heterocycles. The quantitative estimate of drug-likeness (QED) is 0.153. The molecule has 0 amide bonds. The van der Waals surface area contributed by atoms with Crippen LogP contribution in [0.15, 0.2) is 12.2 Å². The van der Waals surface area contributed by atoms with E-state index in [1.165, 1.54) is 26.7 Å². The molecule has 8 nitrogen and oxygen atoms in total. The van der Waals surface area contributed by atoms with Gasteiger partial charge in [0.05, 0.1) is 19.8 Å². The van der Waals surface area contributed by atoms with Gasteiger partial charge >= 0.3 is 14.5 Å². The van der Waals surface area contributed by atoms with Crippen LogP contribution in [0.3, 0.4) is 0 Å². The second-order valence-electron chi connectivity index (χ2n) is 8.44. The third kappa shape index (κ3) is 13.2. The van der Waals surface area contributed by atoms with E-state index in [4.69, 9.17) is 22.0 Å². The van der Waals surface area contributed by atoms with E-state index in [0.717, 1.165) is 0 Å². The van der Waals surface area contributed by atoms with Crippen LogP contribution < -0.4 is 0 Å². The monoisotopic (exact) mass is 501 g/mol. The van der Waals surface area contributed by atoms with Crippen LogP contribution in [0.1, 0.15) is 6.92 Å². The molecule has 0 N–H and O–H groups in total. The molecule has 1 atom stereocenters. The van der Waals surface area contributed by atoms with E-state index in [-0.39, 0.29) is 25.4 Å². The molecule has 0 aliphatic heterocycles. The lowest BCUT2D eigenvalue weighted by Gasteiger charge is -2.40. The zero-order chi connectivity index (χ0) is 23.1. The summed E-state index contributed by atoms with van der Waals surface area (Å²) in [6.07, 6.45) is 0. The Labute approximate surface area is 180 Å². The van der Waals surface area contributed by atoms with Crippen molar-refractivity contribution in [3.63, 3.8) is 0 Å². The summed E-state index contributed by atoms with van der Waals surface area (Å²) in [5.41, 5.74) is -0.0409. The number of hydrogen-bond acceptors (Lipinski definition) is 8. The van der Waals surface area contributed by atoms with Crippen molar-refractivity contribution in [2.45, 2.75) is 38.2 Å². The summed E-state index contributed by atoms with van der Waals surface area (Å²) in [6, 6.07) is 0.554. The molecule has 0 aromatic carbocycles. The number of carbonyl (C=O) groups is 1. The fourth-order valence-electron chi connectivity index (χ4n) is 2.19. The maximum atomic E-state index is 12.0. The molecule has 0 bridgehead atoms. The lowest BCUT2D eigenvalue weighted by molar-refractivity contribution is -0.138. The van der Waals surface area contributed by atoms with Gasteiger partial charge in [-0.3, -0.25) is 9.13 Å². The van der Waals surface area contributed by atoms with E-state index in [1.807, 2.05) is 19.6 Å². The first-order valence-electron chi connectivity index (χ1n) is 9.17. The molecule has 169 valence electrons. The fourth-order valence-corrected chi connectivity index (χ4v) is 11.6. The van der Waals surface area contributed by atoms with Crippen LogP contribution in [0.25, 0.3) is 0 Å². The SMILES string of the molecule is C=C(C)C(=O)OCC[Si](C)(C)O[Si](C)(O[Si])C(COP(C)(C)=O)COP(C)(C)=O. The van der Waals surface area contributed by atoms with E-state index < -0.39 is 37.6 Å². The van der Waals surface area contributed by atoms with Gasteiger partial charge in [0.25, 0.3) is 0 Å². The van der Waals surface area contributed by atoms with Crippen LogP contribution in [0.2, 0.25) is 31.2 Å². The van der Waals surface area contributed by atoms with Crippen molar-refractivity contribution in [1.82, 2.24) is 0 Å². The van der Waals surface area contributed by atoms with Crippen molar-refractivity contribution in [2.75, 3.05) is 46.5 Å². The Balaban J connectivity index is 5.31. The summed E-state index contributed by atoms with van der Waals surface area (Å²) in [6.45, 7) is 17.5. The molecule has 0 aromatic heterocycles. The summed E-state index contributed by atoms with van der Waals surface area (Å²) < 4.78 is 52.4. The van der Waals surface area contributed by atoms with Crippen LogP contribution in [0, 0.1) is 0 Å². The number of carbonyl (C=O) groups excluding carboxylic acids is 1. The van der Waals surface area contributed by atoms with Crippen LogP contribution in [0.4, 0.5) is 0 Å². The summed E-state index contributed by atoms with van der Waals surface area (Å²) in [7, 11) is -7.61. The minimum Gasteiger partial charge on any atom is -0.463 e. The Morgan fingerprint density at radius 1 is 1.03 bits per heavy atom. The summed E-state index contributed by atoms with van der Waals surface area (Å²) >= 11 is 0. The van der Waals surface area contributed by atoms with Gasteiger partial charge in [-0.25, -0.2) is 4.79 Å². The smallest absolute Gasteiger partial charge is 0.333 e. The van der Waals surface area contributed by atoms with Crippen molar-refractivity contribution in [3.8, 4) is 0 Å². The molecule has 0 saturated carbocycles. The van der Waals surface area contributed by atoms with Crippen molar-refractivity contribution in [2.24, 2.45) is 0 Å². The van der Waals surface area contributed by atoms with Gasteiger partial charge in [0.1, 0.15) is 0 Å². The first kappa shape index (κ1) is 29.2. The van der Waals surface area contributed by atoms with Gasteiger partial charge in [-0.15, -0.1) is 0 Å². The molecule has 0 aromatic rings. The first-order chi connectivity index (χ1) is 12.9. The molecule has 0 aliphatic carbocycles. The van der Waals surface area contributed by atoms with Crippen molar-refractivity contribution in [1.29, 1.82) is 0 Å². The van der Waals surface area contributed by atoms with Gasteiger partial charge in [0, 0.05) is 37.8 Å². The number of rotatable bonds is 14. The fraction of sp³-hybridized carbons (Fsp3) is 0.812. The van der Waals surface area contributed by atoms with Gasteiger partial charge in [0.2, 0.25) is 10.5 Å². The summed E-state index contributed by atoms with van der Waals surface area (Å²) in [5, 5.41) is 0.